The molecule has 0 saturated carbocycles. The normalized spacial score (nSPS) is 11.3. The summed E-state index contributed by atoms with van der Waals surface area (Å²) in [7, 11) is 3.07. The van der Waals surface area contributed by atoms with E-state index >= 15 is 0 Å². The summed E-state index contributed by atoms with van der Waals surface area (Å²) in [6.07, 6.45) is -4.53. The lowest BCUT2D eigenvalue weighted by Gasteiger charge is -2.10. The first-order chi connectivity index (χ1) is 16.8. The Morgan fingerprint density at radius 1 is 1.00 bits per heavy atom. The number of carbonyl (C=O) groups is 1. The molecule has 0 atom stereocenters. The van der Waals surface area contributed by atoms with E-state index in [2.05, 4.69) is 20.6 Å². The van der Waals surface area contributed by atoms with E-state index in [1.54, 1.807) is 30.3 Å². The van der Waals surface area contributed by atoms with Gasteiger partial charge in [-0.25, -0.2) is 0 Å². The van der Waals surface area contributed by atoms with Gasteiger partial charge < -0.3 is 19.5 Å². The molecule has 0 radical (unpaired) electrons. The molecule has 1 N–H and O–H groups in total. The van der Waals surface area contributed by atoms with Crippen LogP contribution < -0.4 is 19.5 Å². The van der Waals surface area contributed by atoms with E-state index in [0.29, 0.717) is 28.5 Å². The number of hydrogen-bond donors (Lipinski definition) is 1. The summed E-state index contributed by atoms with van der Waals surface area (Å²) in [4.78, 5) is 12.2. The lowest BCUT2D eigenvalue weighted by Crippen LogP contribution is -2.28. The summed E-state index contributed by atoms with van der Waals surface area (Å²) >= 11 is 0. The standard InChI is InChI=1S/C23H20F3N5O4/c1-33-17-7-6-14(13-18(17)34-2)21-29-28-19-8-9-20(30-31(19)21)35-11-10-27-22(32)15-4-3-5-16(12-15)23(24,25)26/h3-9,12-13H,10-11H2,1-2H3,(H,27,32). The van der Waals surface area contributed by atoms with Gasteiger partial charge in [0.15, 0.2) is 23.0 Å². The zero-order valence-corrected chi connectivity index (χ0v) is 18.7. The van der Waals surface area contributed by atoms with Gasteiger partial charge in [0.1, 0.15) is 6.61 Å². The van der Waals surface area contributed by atoms with E-state index in [4.69, 9.17) is 14.2 Å². The number of nitrogens with zero attached hydrogens (tertiary/aromatic N) is 4. The Bertz CT molecular complexity index is 1360. The predicted octanol–water partition coefficient (Wildman–Crippen LogP) is 3.64. The molecule has 35 heavy (non-hydrogen) atoms. The predicted molar refractivity (Wildman–Crippen MR) is 119 cm³/mol. The van der Waals surface area contributed by atoms with Gasteiger partial charge in [-0.1, -0.05) is 6.07 Å². The van der Waals surface area contributed by atoms with Gasteiger partial charge in [-0.15, -0.1) is 15.3 Å². The Hall–Kier alpha value is -4.35. The molecular formula is C23H20F3N5O4. The van der Waals surface area contributed by atoms with Crippen LogP contribution in [-0.4, -0.2) is 53.1 Å². The van der Waals surface area contributed by atoms with Crippen molar-refractivity contribution in [3.8, 4) is 28.8 Å². The molecule has 4 rings (SSSR count). The number of methoxy groups -OCH3 is 2. The molecule has 0 aliphatic heterocycles. The van der Waals surface area contributed by atoms with Gasteiger partial charge in [-0.3, -0.25) is 4.79 Å². The van der Waals surface area contributed by atoms with Crippen LogP contribution in [0.5, 0.6) is 17.4 Å². The molecule has 2 aromatic carbocycles. The van der Waals surface area contributed by atoms with Crippen molar-refractivity contribution < 1.29 is 32.2 Å². The van der Waals surface area contributed by atoms with Crippen molar-refractivity contribution in [2.45, 2.75) is 6.18 Å². The highest BCUT2D eigenvalue weighted by atomic mass is 19.4. The Balaban J connectivity index is 1.42. The minimum atomic E-state index is -4.53. The summed E-state index contributed by atoms with van der Waals surface area (Å²) in [5.74, 6) is 1.13. The van der Waals surface area contributed by atoms with Crippen molar-refractivity contribution in [2.75, 3.05) is 27.4 Å². The molecule has 0 saturated heterocycles. The smallest absolute Gasteiger partial charge is 0.416 e. The van der Waals surface area contributed by atoms with Gasteiger partial charge in [0.25, 0.3) is 5.91 Å². The Labute approximate surface area is 197 Å². The van der Waals surface area contributed by atoms with Gasteiger partial charge in [0.2, 0.25) is 5.88 Å². The van der Waals surface area contributed by atoms with Crippen LogP contribution in [0.2, 0.25) is 0 Å². The molecule has 182 valence electrons. The Kier molecular flexibility index (Phi) is 6.71. The van der Waals surface area contributed by atoms with E-state index in [-0.39, 0.29) is 24.6 Å². The van der Waals surface area contributed by atoms with Crippen LogP contribution in [0.25, 0.3) is 17.0 Å². The zero-order chi connectivity index (χ0) is 25.0. The van der Waals surface area contributed by atoms with E-state index in [9.17, 15) is 18.0 Å². The molecule has 12 heteroatoms. The highest BCUT2D eigenvalue weighted by Crippen LogP contribution is 2.32. The monoisotopic (exact) mass is 487 g/mol. The number of halogens is 3. The van der Waals surface area contributed by atoms with Gasteiger partial charge in [-0.05, 0) is 42.5 Å². The van der Waals surface area contributed by atoms with Crippen LogP contribution in [-0.2, 0) is 6.18 Å². The number of rotatable bonds is 8. The summed E-state index contributed by atoms with van der Waals surface area (Å²) < 4.78 is 56.2. The molecule has 2 aromatic heterocycles. The average Bonchev–Trinajstić information content (AvgIpc) is 3.29. The van der Waals surface area contributed by atoms with Crippen LogP contribution in [0.3, 0.4) is 0 Å². The van der Waals surface area contributed by atoms with Gasteiger partial charge in [-0.2, -0.15) is 17.7 Å². The molecule has 2 heterocycles. The number of ether oxygens (including phenoxy) is 3. The van der Waals surface area contributed by atoms with Crippen LogP contribution in [0.15, 0.2) is 54.6 Å². The summed E-state index contributed by atoms with van der Waals surface area (Å²) in [5.41, 5.74) is 0.190. The Morgan fingerprint density at radius 2 is 1.80 bits per heavy atom. The molecule has 0 aliphatic carbocycles. The maximum atomic E-state index is 12.8. The fraction of sp³-hybridized carbons (Fsp3) is 0.217. The second-order valence-corrected chi connectivity index (χ2v) is 7.22. The first-order valence-electron chi connectivity index (χ1n) is 10.3. The number of fused-ring (bicyclic) bond motifs is 1. The summed E-state index contributed by atoms with van der Waals surface area (Å²) in [6.45, 7) is 0.0938. The third kappa shape index (κ3) is 5.26. The Morgan fingerprint density at radius 3 is 2.54 bits per heavy atom. The topological polar surface area (TPSA) is 99.9 Å². The van der Waals surface area contributed by atoms with E-state index in [0.717, 1.165) is 12.1 Å². The van der Waals surface area contributed by atoms with E-state index < -0.39 is 17.6 Å². The third-order valence-electron chi connectivity index (χ3n) is 4.97. The zero-order valence-electron chi connectivity index (χ0n) is 18.7. The lowest BCUT2D eigenvalue weighted by molar-refractivity contribution is -0.137. The molecule has 0 unspecified atom stereocenters. The second-order valence-electron chi connectivity index (χ2n) is 7.22. The SMILES string of the molecule is COc1ccc(-c2nnc3ccc(OCCNC(=O)c4cccc(C(F)(F)F)c4)nn23)cc1OC. The first-order valence-corrected chi connectivity index (χ1v) is 10.3. The van der Waals surface area contributed by atoms with Crippen molar-refractivity contribution in [2.24, 2.45) is 0 Å². The molecular weight excluding hydrogens is 467 g/mol. The average molecular weight is 487 g/mol. The van der Waals surface area contributed by atoms with Crippen molar-refractivity contribution >= 4 is 11.6 Å². The number of hydrogen-bond acceptors (Lipinski definition) is 7. The number of nitrogens with one attached hydrogen (secondary N) is 1. The fourth-order valence-electron chi connectivity index (χ4n) is 3.26. The van der Waals surface area contributed by atoms with E-state index in [1.807, 2.05) is 0 Å². The maximum absolute atomic E-state index is 12.8. The molecule has 0 fully saturated rings. The lowest BCUT2D eigenvalue weighted by atomic mass is 10.1. The quantitative estimate of drug-likeness (QED) is 0.379. The van der Waals surface area contributed by atoms with Crippen molar-refractivity contribution in [1.29, 1.82) is 0 Å². The second kappa shape index (κ2) is 9.87. The molecule has 4 aromatic rings. The summed E-state index contributed by atoms with van der Waals surface area (Å²) in [6, 6.07) is 12.7. The van der Waals surface area contributed by atoms with Gasteiger partial charge in [0.05, 0.1) is 26.3 Å². The van der Waals surface area contributed by atoms with Crippen LogP contribution in [0.4, 0.5) is 13.2 Å². The largest absolute Gasteiger partial charge is 0.493 e. The van der Waals surface area contributed by atoms with Crippen molar-refractivity contribution in [3.05, 3.63) is 65.7 Å². The summed E-state index contributed by atoms with van der Waals surface area (Å²) in [5, 5.41) is 15.2. The molecule has 1 amide bonds. The van der Waals surface area contributed by atoms with Crippen LogP contribution in [0, 0.1) is 0 Å². The minimum absolute atomic E-state index is 0.0387. The molecule has 9 nitrogen and oxygen atoms in total. The first kappa shape index (κ1) is 23.8. The number of amides is 1. The van der Waals surface area contributed by atoms with Gasteiger partial charge >= 0.3 is 6.18 Å². The number of alkyl halides is 3. The number of aromatic nitrogens is 4. The highest BCUT2D eigenvalue weighted by molar-refractivity contribution is 5.94. The van der Waals surface area contributed by atoms with Gasteiger partial charge in [0, 0.05) is 17.2 Å². The van der Waals surface area contributed by atoms with E-state index in [1.165, 1.54) is 30.9 Å². The maximum Gasteiger partial charge on any atom is 0.416 e. The minimum Gasteiger partial charge on any atom is -0.493 e. The van der Waals surface area contributed by atoms with Crippen LogP contribution >= 0.6 is 0 Å². The van der Waals surface area contributed by atoms with Crippen LogP contribution in [0.1, 0.15) is 15.9 Å². The van der Waals surface area contributed by atoms with Crippen molar-refractivity contribution in [1.82, 2.24) is 25.1 Å². The molecule has 0 aliphatic rings. The highest BCUT2D eigenvalue weighted by Gasteiger charge is 2.30. The molecule has 0 bridgehead atoms. The fourth-order valence-corrected chi connectivity index (χ4v) is 3.26. The molecule has 0 spiro atoms. The van der Waals surface area contributed by atoms with Crippen molar-refractivity contribution in [3.63, 3.8) is 0 Å². The number of benzene rings is 2. The number of carbonyl (C=O) groups excluding carboxylic acids is 1. The third-order valence-corrected chi connectivity index (χ3v) is 4.97.